The van der Waals surface area contributed by atoms with Crippen molar-refractivity contribution in [1.29, 1.82) is 0 Å². The third-order valence-corrected chi connectivity index (χ3v) is 0. The Morgan fingerprint density at radius 1 is 1.14 bits per heavy atom. The molecule has 7 heavy (non-hydrogen) atoms. The molecular weight excluding hydrogens is 200 g/mol. The zero-order valence-corrected chi connectivity index (χ0v) is 4.51. The fraction of sp³-hybridized carbons (Fsp3) is 0. The van der Waals surface area contributed by atoms with Crippen LogP contribution in [-0.2, 0) is 22.4 Å². The third kappa shape index (κ3) is 18800. The molecule has 0 aliphatic heterocycles. The predicted molar refractivity (Wildman–Crippen MR) is 12.6 cm³/mol. The standard InChI is InChI=1S/CH2O3.Ag.2H2O/c2-1(3)4;;;/h(H2,2,3,4);;2*1H2/q;+2;;/p-2. The van der Waals surface area contributed by atoms with Crippen LogP contribution in [0.1, 0.15) is 0 Å². The van der Waals surface area contributed by atoms with Gasteiger partial charge in [-0.25, -0.2) is 0 Å². The van der Waals surface area contributed by atoms with E-state index in [2.05, 4.69) is 0 Å². The first-order valence-corrected chi connectivity index (χ1v) is 0.612. The quantitative estimate of drug-likeness (QED) is 0.372. The molecule has 49 valence electrons. The second-order valence-electron chi connectivity index (χ2n) is 0.250. The van der Waals surface area contributed by atoms with E-state index in [-0.39, 0.29) is 33.3 Å². The third-order valence-electron chi connectivity index (χ3n) is 0. The summed E-state index contributed by atoms with van der Waals surface area (Å²) in [4.78, 5) is 8.33. The van der Waals surface area contributed by atoms with Gasteiger partial charge in [-0.3, -0.25) is 0 Å². The maximum absolute atomic E-state index is 8.33. The summed E-state index contributed by atoms with van der Waals surface area (Å²) in [5.74, 6) is 0. The van der Waals surface area contributed by atoms with Gasteiger partial charge >= 0.3 is 22.4 Å². The second-order valence-corrected chi connectivity index (χ2v) is 0.250. The Balaban J connectivity index is -0.0000000150. The van der Waals surface area contributed by atoms with Crippen LogP contribution in [0.25, 0.3) is 0 Å². The maximum atomic E-state index is 8.33. The Morgan fingerprint density at radius 3 is 1.14 bits per heavy atom. The minimum atomic E-state index is -2.33. The van der Waals surface area contributed by atoms with E-state index < -0.39 is 6.16 Å². The average Bonchev–Trinajstić information content (AvgIpc) is 0.811. The van der Waals surface area contributed by atoms with Crippen molar-refractivity contribution in [2.75, 3.05) is 0 Å². The molecule has 6 heteroatoms. The van der Waals surface area contributed by atoms with Crippen LogP contribution in [0.15, 0.2) is 0 Å². The first-order valence-electron chi connectivity index (χ1n) is 0.612. The molecule has 0 spiro atoms. The molecule has 0 heterocycles. The van der Waals surface area contributed by atoms with Gasteiger partial charge in [0.25, 0.3) is 0 Å². The van der Waals surface area contributed by atoms with E-state index in [0.717, 1.165) is 0 Å². The van der Waals surface area contributed by atoms with Crippen LogP contribution in [-0.4, -0.2) is 17.1 Å². The van der Waals surface area contributed by atoms with Crippen LogP contribution in [0.4, 0.5) is 4.79 Å². The van der Waals surface area contributed by atoms with E-state index in [1.165, 1.54) is 0 Å². The zero-order valence-electron chi connectivity index (χ0n) is 3.03. The monoisotopic (exact) mass is 203 g/mol. The summed E-state index contributed by atoms with van der Waals surface area (Å²) < 4.78 is 0. The van der Waals surface area contributed by atoms with E-state index in [1.54, 1.807) is 0 Å². The molecular formula is CH4AgO5. The minimum Gasteiger partial charge on any atom is -0.652 e. The summed E-state index contributed by atoms with van der Waals surface area (Å²) in [5.41, 5.74) is 0. The Bertz CT molecular complexity index is 31.1. The normalized spacial score (nSPS) is 3.43. The van der Waals surface area contributed by atoms with Crippen LogP contribution >= 0.6 is 0 Å². The minimum absolute atomic E-state index is 0. The molecule has 0 unspecified atom stereocenters. The van der Waals surface area contributed by atoms with Crippen molar-refractivity contribution in [1.82, 2.24) is 0 Å². The predicted octanol–water partition coefficient (Wildman–Crippen LogP) is -4.10. The van der Waals surface area contributed by atoms with Gasteiger partial charge in [0.1, 0.15) is 0 Å². The SMILES string of the molecule is O.O.O=C([O-])[O-].[Ag+2]. The van der Waals surface area contributed by atoms with Gasteiger partial charge in [-0.05, 0) is 6.16 Å². The maximum Gasteiger partial charge on any atom is 2.00 e. The molecule has 0 fully saturated rings. The second kappa shape index (κ2) is 16.8. The summed E-state index contributed by atoms with van der Waals surface area (Å²) >= 11 is 0. The van der Waals surface area contributed by atoms with Crippen molar-refractivity contribution >= 4 is 6.16 Å². The number of carbonyl (C=O) groups excluding carboxylic acids is 1. The molecule has 0 aromatic carbocycles. The van der Waals surface area contributed by atoms with Gasteiger partial charge in [0, 0.05) is 0 Å². The Labute approximate surface area is 55.1 Å². The topological polar surface area (TPSA) is 126 Å². The largest absolute Gasteiger partial charge is 2.00 e. The van der Waals surface area contributed by atoms with Crippen molar-refractivity contribution in [3.8, 4) is 0 Å². The van der Waals surface area contributed by atoms with Gasteiger partial charge in [-0.2, -0.15) is 0 Å². The fourth-order valence-corrected chi connectivity index (χ4v) is 0. The van der Waals surface area contributed by atoms with Crippen molar-refractivity contribution in [3.63, 3.8) is 0 Å². The van der Waals surface area contributed by atoms with E-state index >= 15 is 0 Å². The van der Waals surface area contributed by atoms with E-state index in [1.807, 2.05) is 0 Å². The van der Waals surface area contributed by atoms with Gasteiger partial charge in [0.2, 0.25) is 0 Å². The zero-order chi connectivity index (χ0) is 3.58. The molecule has 0 aromatic heterocycles. The number of hydrogen-bond acceptors (Lipinski definition) is 3. The Hall–Kier alpha value is -0.0697. The molecule has 0 rings (SSSR count). The summed E-state index contributed by atoms with van der Waals surface area (Å²) in [6, 6.07) is 0. The first-order chi connectivity index (χ1) is 1.73. The molecule has 0 aliphatic carbocycles. The van der Waals surface area contributed by atoms with Gasteiger partial charge in [-0.15, -0.1) is 0 Å². The number of hydrogen-bond donors (Lipinski definition) is 0. The first kappa shape index (κ1) is 28.4. The van der Waals surface area contributed by atoms with Crippen LogP contribution < -0.4 is 10.2 Å². The van der Waals surface area contributed by atoms with Crippen molar-refractivity contribution < 1.29 is 48.3 Å². The molecule has 0 saturated carbocycles. The number of rotatable bonds is 0. The van der Waals surface area contributed by atoms with Crippen LogP contribution in [0.3, 0.4) is 0 Å². The molecule has 1 radical (unpaired) electrons. The van der Waals surface area contributed by atoms with E-state index in [0.29, 0.717) is 0 Å². The molecule has 0 aliphatic rings. The Kier molecular flexibility index (Phi) is 68.1. The molecule has 4 N–H and O–H groups in total. The number of carbonyl (C=O) groups is 1. The molecule has 0 amide bonds. The van der Waals surface area contributed by atoms with Gasteiger partial charge < -0.3 is 26.0 Å². The van der Waals surface area contributed by atoms with Crippen LogP contribution in [0, 0.1) is 0 Å². The average molecular weight is 204 g/mol. The summed E-state index contributed by atoms with van der Waals surface area (Å²) in [6.45, 7) is 0. The molecule has 0 aromatic rings. The molecule has 0 saturated heterocycles. The summed E-state index contributed by atoms with van der Waals surface area (Å²) in [7, 11) is 0. The van der Waals surface area contributed by atoms with Gasteiger partial charge in [-0.1, -0.05) is 0 Å². The van der Waals surface area contributed by atoms with Crippen molar-refractivity contribution in [2.24, 2.45) is 0 Å². The van der Waals surface area contributed by atoms with Crippen LogP contribution in [0.5, 0.6) is 0 Å². The van der Waals surface area contributed by atoms with Crippen molar-refractivity contribution in [3.05, 3.63) is 0 Å². The molecule has 0 bridgehead atoms. The number of carboxylic acid groups (broad SMARTS) is 2. The molecule has 5 nitrogen and oxygen atoms in total. The molecule has 0 atom stereocenters. The summed E-state index contributed by atoms with van der Waals surface area (Å²) in [5, 5.41) is 16.7. The smallest absolute Gasteiger partial charge is 0.652 e. The van der Waals surface area contributed by atoms with E-state index in [4.69, 9.17) is 15.0 Å². The summed E-state index contributed by atoms with van der Waals surface area (Å²) in [6.07, 6.45) is -2.33. The van der Waals surface area contributed by atoms with E-state index in [9.17, 15) is 0 Å². The Morgan fingerprint density at radius 2 is 1.14 bits per heavy atom. The van der Waals surface area contributed by atoms with Crippen LogP contribution in [0.2, 0.25) is 0 Å². The van der Waals surface area contributed by atoms with Gasteiger partial charge in [0.05, 0.1) is 0 Å². The van der Waals surface area contributed by atoms with Crippen molar-refractivity contribution in [2.45, 2.75) is 0 Å². The van der Waals surface area contributed by atoms with Gasteiger partial charge in [0.15, 0.2) is 0 Å². The fourth-order valence-electron chi connectivity index (χ4n) is 0.